The van der Waals surface area contributed by atoms with Crippen LogP contribution in [0.2, 0.25) is 0 Å². The number of benzene rings is 2. The summed E-state index contributed by atoms with van der Waals surface area (Å²) in [6.45, 7) is 4.11. The maximum Gasteiger partial charge on any atom is 0.337 e. The molecule has 3 aliphatic heterocycles. The monoisotopic (exact) mass is 474 g/mol. The number of methoxy groups -OCH3 is 1. The number of anilines is 1. The second-order valence-electron chi connectivity index (χ2n) is 8.38. The van der Waals surface area contributed by atoms with Crippen molar-refractivity contribution < 1.29 is 32.4 Å². The normalized spacial score (nSPS) is 28.8. The first-order valence-electron chi connectivity index (χ1n) is 10.9. The maximum atomic E-state index is 14.0. The smallest absolute Gasteiger partial charge is 0.337 e. The van der Waals surface area contributed by atoms with Crippen molar-refractivity contribution in [3.63, 3.8) is 0 Å². The summed E-state index contributed by atoms with van der Waals surface area (Å²) in [6, 6.07) is 13.4. The summed E-state index contributed by atoms with van der Waals surface area (Å²) in [6.07, 6.45) is -1.23. The number of rotatable bonds is 5. The van der Waals surface area contributed by atoms with Crippen LogP contribution in [0.15, 0.2) is 53.4 Å². The van der Waals surface area contributed by atoms with Crippen molar-refractivity contribution >= 4 is 21.7 Å². The number of hydrogen-bond donors (Lipinski definition) is 0. The van der Waals surface area contributed by atoms with Crippen LogP contribution in [0, 0.1) is 6.92 Å². The van der Waals surface area contributed by atoms with Gasteiger partial charge in [-0.2, -0.15) is 0 Å². The lowest BCUT2D eigenvalue weighted by molar-refractivity contribution is -0.456. The fraction of sp³-hybridized carbons (Fsp3) is 0.435. The zero-order valence-corrected chi connectivity index (χ0v) is 19.4. The lowest BCUT2D eigenvalue weighted by Crippen LogP contribution is -2.59. The third-order valence-electron chi connectivity index (χ3n) is 6.51. The van der Waals surface area contributed by atoms with Gasteiger partial charge in [-0.25, -0.2) is 18.0 Å². The van der Waals surface area contributed by atoms with Crippen LogP contribution < -0.4 is 4.31 Å². The molecule has 3 aliphatic rings. The number of nitrogens with zero attached hydrogens (tertiary/aromatic N) is 2. The topological polar surface area (TPSA) is 94.6 Å². The van der Waals surface area contributed by atoms with E-state index in [9.17, 15) is 13.2 Å². The average Bonchev–Trinajstić information content (AvgIpc) is 3.33. The second kappa shape index (κ2) is 8.07. The predicted molar refractivity (Wildman–Crippen MR) is 117 cm³/mol. The predicted octanol–water partition coefficient (Wildman–Crippen LogP) is 2.64. The van der Waals surface area contributed by atoms with Gasteiger partial charge in [-0.3, -0.25) is 9.14 Å². The minimum absolute atomic E-state index is 0.181. The lowest BCUT2D eigenvalue weighted by atomic mass is 9.80. The van der Waals surface area contributed by atoms with Crippen LogP contribution in [-0.4, -0.2) is 51.8 Å². The van der Waals surface area contributed by atoms with Gasteiger partial charge in [-0.05, 0) is 37.3 Å². The Bertz CT molecular complexity index is 1170. The van der Waals surface area contributed by atoms with Crippen molar-refractivity contribution in [2.24, 2.45) is 0 Å². The molecule has 0 aliphatic carbocycles. The van der Waals surface area contributed by atoms with Crippen molar-refractivity contribution in [1.82, 2.24) is 5.23 Å². The molecule has 2 fully saturated rings. The lowest BCUT2D eigenvalue weighted by Gasteiger charge is -2.45. The maximum absolute atomic E-state index is 14.0. The van der Waals surface area contributed by atoms with Gasteiger partial charge in [-0.15, -0.1) is 0 Å². The standard InChI is InChI=1S/C23H26N2O7S/c1-4-30-21-13-20-23(14-19(22(26)29-3)31-25(23)32-21)17-7-5-6-8-18(17)24(20)33(27,28)16-11-9-15(2)10-12-16/h5-12,19-21H,4,13-14H2,1-3H3/t19-,20-,21-,23-/m1/s1. The second-order valence-corrected chi connectivity index (χ2v) is 10.2. The summed E-state index contributed by atoms with van der Waals surface area (Å²) in [4.78, 5) is 24.4. The van der Waals surface area contributed by atoms with Crippen LogP contribution >= 0.6 is 0 Å². The van der Waals surface area contributed by atoms with Crippen LogP contribution in [0.1, 0.15) is 30.9 Å². The quantitative estimate of drug-likeness (QED) is 0.611. The molecule has 0 unspecified atom stereocenters. The summed E-state index contributed by atoms with van der Waals surface area (Å²) < 4.78 is 40.0. The number of carbonyl (C=O) groups excluding carboxylic acids is 1. The van der Waals surface area contributed by atoms with E-state index in [4.69, 9.17) is 19.1 Å². The van der Waals surface area contributed by atoms with E-state index in [0.29, 0.717) is 17.9 Å². The number of fused-ring (bicyclic) bond motifs is 1. The highest BCUT2D eigenvalue weighted by Gasteiger charge is 2.67. The van der Waals surface area contributed by atoms with E-state index >= 15 is 0 Å². The molecule has 4 atom stereocenters. The van der Waals surface area contributed by atoms with Gasteiger partial charge in [0.15, 0.2) is 12.4 Å². The van der Waals surface area contributed by atoms with Crippen molar-refractivity contribution in [2.45, 2.75) is 55.6 Å². The molecule has 9 nitrogen and oxygen atoms in total. The van der Waals surface area contributed by atoms with Gasteiger partial charge < -0.3 is 9.47 Å². The third-order valence-corrected chi connectivity index (χ3v) is 8.35. The van der Waals surface area contributed by atoms with Crippen molar-refractivity contribution in [3.8, 4) is 0 Å². The molecule has 3 heterocycles. The van der Waals surface area contributed by atoms with E-state index in [1.165, 1.54) is 16.6 Å². The van der Waals surface area contributed by atoms with Gasteiger partial charge in [0.2, 0.25) is 0 Å². The third kappa shape index (κ3) is 3.28. The highest BCUT2D eigenvalue weighted by atomic mass is 32.2. The molecule has 2 saturated heterocycles. The summed E-state index contributed by atoms with van der Waals surface area (Å²) in [5, 5.41) is 1.27. The number of para-hydroxylation sites is 1. The minimum Gasteiger partial charge on any atom is -0.467 e. The van der Waals surface area contributed by atoms with Crippen molar-refractivity contribution in [3.05, 3.63) is 59.7 Å². The fourth-order valence-electron chi connectivity index (χ4n) is 5.05. The van der Waals surface area contributed by atoms with E-state index in [0.717, 1.165) is 5.56 Å². The molecule has 0 aromatic heterocycles. The zero-order valence-electron chi connectivity index (χ0n) is 18.6. The number of hydrogen-bond acceptors (Lipinski definition) is 8. The Morgan fingerprint density at radius 2 is 1.88 bits per heavy atom. The van der Waals surface area contributed by atoms with Crippen LogP contribution in [0.5, 0.6) is 0 Å². The van der Waals surface area contributed by atoms with Crippen LogP contribution in [0.4, 0.5) is 5.69 Å². The van der Waals surface area contributed by atoms with Crippen LogP contribution in [0.25, 0.3) is 0 Å². The SMILES string of the molecule is CCO[C@H]1C[C@H]2N(S(=O)(=O)c3ccc(C)cc3)c3ccccc3[C@]23C[C@H](C(=O)OC)ON3O1. The molecule has 0 bridgehead atoms. The van der Waals surface area contributed by atoms with E-state index in [2.05, 4.69) is 0 Å². The summed E-state index contributed by atoms with van der Waals surface area (Å²) in [5.41, 5.74) is 1.18. The van der Waals surface area contributed by atoms with E-state index in [1.807, 2.05) is 26.0 Å². The minimum atomic E-state index is -3.94. The largest absolute Gasteiger partial charge is 0.467 e. The van der Waals surface area contributed by atoms with E-state index in [1.54, 1.807) is 36.4 Å². The molecule has 0 amide bonds. The number of sulfonamides is 1. The molecule has 2 aromatic rings. The van der Waals surface area contributed by atoms with Crippen LogP contribution in [-0.2, 0) is 39.5 Å². The van der Waals surface area contributed by atoms with Gasteiger partial charge in [0.25, 0.3) is 10.0 Å². The molecule has 176 valence electrons. The van der Waals surface area contributed by atoms with Gasteiger partial charge in [-0.1, -0.05) is 35.9 Å². The molecule has 33 heavy (non-hydrogen) atoms. The van der Waals surface area contributed by atoms with Crippen molar-refractivity contribution in [2.75, 3.05) is 18.0 Å². The number of carbonyl (C=O) groups is 1. The van der Waals surface area contributed by atoms with Crippen LogP contribution in [0.3, 0.4) is 0 Å². The Morgan fingerprint density at radius 3 is 2.58 bits per heavy atom. The Labute approximate surface area is 192 Å². The molecule has 0 saturated carbocycles. The summed E-state index contributed by atoms with van der Waals surface area (Å²) in [7, 11) is -2.65. The molecular formula is C23H26N2O7S. The Hall–Kier alpha value is -2.50. The molecule has 0 N–H and O–H groups in total. The highest BCUT2D eigenvalue weighted by Crippen LogP contribution is 2.58. The number of aryl methyl sites for hydroxylation is 1. The van der Waals surface area contributed by atoms with E-state index < -0.39 is 40.0 Å². The van der Waals surface area contributed by atoms with Gasteiger partial charge in [0, 0.05) is 25.0 Å². The number of hydroxylamine groups is 2. The number of esters is 1. The molecule has 10 heteroatoms. The summed E-state index contributed by atoms with van der Waals surface area (Å²) in [5.74, 6) is -0.550. The first-order valence-corrected chi connectivity index (χ1v) is 12.3. The first kappa shape index (κ1) is 22.3. The van der Waals surface area contributed by atoms with Gasteiger partial charge >= 0.3 is 5.97 Å². The number of ether oxygens (including phenoxy) is 2. The van der Waals surface area contributed by atoms with Crippen molar-refractivity contribution in [1.29, 1.82) is 0 Å². The van der Waals surface area contributed by atoms with E-state index in [-0.39, 0.29) is 17.7 Å². The average molecular weight is 475 g/mol. The van der Waals surface area contributed by atoms with Gasteiger partial charge in [0.05, 0.1) is 23.7 Å². The Kier molecular flexibility index (Phi) is 5.45. The molecule has 2 aromatic carbocycles. The Balaban J connectivity index is 1.68. The molecule has 0 radical (unpaired) electrons. The molecule has 1 spiro atoms. The highest BCUT2D eigenvalue weighted by molar-refractivity contribution is 7.92. The zero-order chi connectivity index (χ0) is 23.4. The Morgan fingerprint density at radius 1 is 1.15 bits per heavy atom. The molecule has 5 rings (SSSR count). The van der Waals surface area contributed by atoms with Gasteiger partial charge in [0.1, 0.15) is 5.54 Å². The summed E-state index contributed by atoms with van der Waals surface area (Å²) >= 11 is 0. The molecular weight excluding hydrogens is 448 g/mol. The first-order chi connectivity index (χ1) is 15.8. The fourth-order valence-corrected chi connectivity index (χ4v) is 6.77.